The molecule has 1 saturated heterocycles. The van der Waals surface area contributed by atoms with Gasteiger partial charge in [-0.15, -0.1) is 0 Å². The predicted octanol–water partition coefficient (Wildman–Crippen LogP) is 3.26. The van der Waals surface area contributed by atoms with Crippen molar-refractivity contribution < 1.29 is 4.74 Å². The van der Waals surface area contributed by atoms with Gasteiger partial charge in [0.15, 0.2) is 0 Å². The van der Waals surface area contributed by atoms with Crippen LogP contribution in [0.25, 0.3) is 11.1 Å². The minimum absolute atomic E-state index is 0.290. The van der Waals surface area contributed by atoms with Gasteiger partial charge in [0.05, 0.1) is 12.6 Å². The molecule has 1 aliphatic rings. The largest absolute Gasteiger partial charge is 0.377 e. The molecule has 3 aromatic rings. The van der Waals surface area contributed by atoms with Crippen LogP contribution < -0.4 is 5.32 Å². The third kappa shape index (κ3) is 3.84. The van der Waals surface area contributed by atoms with E-state index in [0.717, 1.165) is 26.1 Å². The molecule has 0 unspecified atom stereocenters. The smallest absolute Gasteiger partial charge is 0.137 e. The van der Waals surface area contributed by atoms with Crippen molar-refractivity contribution in [3.05, 3.63) is 72.3 Å². The van der Waals surface area contributed by atoms with Crippen LogP contribution in [0.1, 0.15) is 24.5 Å². The highest BCUT2D eigenvalue weighted by Gasteiger charge is 2.23. The Morgan fingerprint density at radius 2 is 2.00 bits per heavy atom. The molecule has 2 heterocycles. The van der Waals surface area contributed by atoms with E-state index in [1.165, 1.54) is 22.3 Å². The zero-order chi connectivity index (χ0) is 17.8. The molecule has 0 bridgehead atoms. The molecule has 1 aromatic heterocycles. The highest BCUT2D eigenvalue weighted by molar-refractivity contribution is 5.67. The van der Waals surface area contributed by atoms with E-state index in [1.54, 1.807) is 12.7 Å². The zero-order valence-electron chi connectivity index (χ0n) is 15.0. The third-order valence-electron chi connectivity index (χ3n) is 5.02. The summed E-state index contributed by atoms with van der Waals surface area (Å²) in [6.07, 6.45) is 4.68. The average molecular weight is 348 g/mol. The maximum absolute atomic E-state index is 5.65. The lowest BCUT2D eigenvalue weighted by Gasteiger charge is -2.18. The second-order valence-corrected chi connectivity index (χ2v) is 6.80. The number of ether oxygens (including phenoxy) is 1. The first kappa shape index (κ1) is 16.9. The zero-order valence-corrected chi connectivity index (χ0v) is 15.0. The molecule has 2 atom stereocenters. The molecule has 1 aliphatic heterocycles. The first-order chi connectivity index (χ1) is 12.8. The third-order valence-corrected chi connectivity index (χ3v) is 5.02. The highest BCUT2D eigenvalue weighted by Crippen LogP contribution is 2.25. The Hall–Kier alpha value is -2.50. The van der Waals surface area contributed by atoms with Gasteiger partial charge in [-0.05, 0) is 35.6 Å². The van der Waals surface area contributed by atoms with Gasteiger partial charge in [0.2, 0.25) is 0 Å². The summed E-state index contributed by atoms with van der Waals surface area (Å²) in [7, 11) is 0. The van der Waals surface area contributed by atoms with Crippen molar-refractivity contribution in [2.45, 2.75) is 38.6 Å². The lowest BCUT2D eigenvalue weighted by atomic mass is 9.98. The van der Waals surface area contributed by atoms with E-state index >= 15 is 0 Å². The Kier molecular flexibility index (Phi) is 5.09. The van der Waals surface area contributed by atoms with Gasteiger partial charge >= 0.3 is 0 Å². The summed E-state index contributed by atoms with van der Waals surface area (Å²) in [4.78, 5) is 3.99. The molecule has 0 amide bonds. The van der Waals surface area contributed by atoms with Crippen LogP contribution in [0, 0.1) is 0 Å². The Morgan fingerprint density at radius 3 is 2.73 bits per heavy atom. The minimum atomic E-state index is 0.290. The van der Waals surface area contributed by atoms with Crippen LogP contribution >= 0.6 is 0 Å². The molecule has 134 valence electrons. The highest BCUT2D eigenvalue weighted by atomic mass is 16.5. The van der Waals surface area contributed by atoms with Crippen molar-refractivity contribution in [2.24, 2.45) is 0 Å². The maximum Gasteiger partial charge on any atom is 0.137 e. The Bertz CT molecular complexity index is 829. The quantitative estimate of drug-likeness (QED) is 0.743. The summed E-state index contributed by atoms with van der Waals surface area (Å²) in [5.41, 5.74) is 5.04. The molecule has 2 aromatic carbocycles. The van der Waals surface area contributed by atoms with Crippen LogP contribution in [-0.4, -0.2) is 33.5 Å². The monoisotopic (exact) mass is 348 g/mol. The van der Waals surface area contributed by atoms with Crippen LogP contribution in [0.3, 0.4) is 0 Å². The Balaban J connectivity index is 1.48. The number of nitrogens with zero attached hydrogens (tertiary/aromatic N) is 3. The Labute approximate surface area is 154 Å². The molecular weight excluding hydrogens is 324 g/mol. The number of nitrogens with one attached hydrogen (secondary N) is 1. The van der Waals surface area contributed by atoms with Crippen molar-refractivity contribution in [1.29, 1.82) is 0 Å². The van der Waals surface area contributed by atoms with E-state index in [2.05, 4.69) is 70.9 Å². The summed E-state index contributed by atoms with van der Waals surface area (Å²) in [5.74, 6) is 0. The fourth-order valence-corrected chi connectivity index (χ4v) is 3.49. The SMILES string of the molecule is C[C@H]1OCC[C@H]1NCc1ccccc1-c1ccc(Cn2cncn2)cc1. The number of benzene rings is 2. The second kappa shape index (κ2) is 7.81. The molecule has 5 heteroatoms. The summed E-state index contributed by atoms with van der Waals surface area (Å²) in [6.45, 7) is 4.59. The molecule has 1 fully saturated rings. The molecule has 0 spiro atoms. The van der Waals surface area contributed by atoms with Gasteiger partial charge in [-0.1, -0.05) is 48.5 Å². The van der Waals surface area contributed by atoms with Gasteiger partial charge in [0, 0.05) is 19.2 Å². The number of hydrogen-bond donors (Lipinski definition) is 1. The Morgan fingerprint density at radius 1 is 1.15 bits per heavy atom. The topological polar surface area (TPSA) is 52.0 Å². The van der Waals surface area contributed by atoms with Gasteiger partial charge in [-0.25, -0.2) is 9.67 Å². The summed E-state index contributed by atoms with van der Waals surface area (Å²) in [5, 5.41) is 7.82. The fourth-order valence-electron chi connectivity index (χ4n) is 3.49. The molecule has 0 saturated carbocycles. The molecule has 0 radical (unpaired) electrons. The molecule has 5 nitrogen and oxygen atoms in total. The number of aromatic nitrogens is 3. The van der Waals surface area contributed by atoms with Gasteiger partial charge in [0.25, 0.3) is 0 Å². The normalized spacial score (nSPS) is 19.7. The van der Waals surface area contributed by atoms with Crippen LogP contribution in [0.4, 0.5) is 0 Å². The fraction of sp³-hybridized carbons (Fsp3) is 0.333. The first-order valence-corrected chi connectivity index (χ1v) is 9.14. The first-order valence-electron chi connectivity index (χ1n) is 9.14. The molecule has 1 N–H and O–H groups in total. The van der Waals surface area contributed by atoms with E-state index in [1.807, 2.05) is 4.68 Å². The average Bonchev–Trinajstić information content (AvgIpc) is 3.33. The molecule has 0 aliphatic carbocycles. The number of rotatable bonds is 6. The standard InChI is InChI=1S/C21H24N4O/c1-16-21(10-11-26-16)23-12-19-4-2-3-5-20(19)18-8-6-17(7-9-18)13-25-15-22-14-24-25/h2-9,14-16,21,23H,10-13H2,1H3/t16-,21-/m1/s1. The lowest BCUT2D eigenvalue weighted by molar-refractivity contribution is 0.113. The van der Waals surface area contributed by atoms with Crippen molar-refractivity contribution >= 4 is 0 Å². The van der Waals surface area contributed by atoms with E-state index < -0.39 is 0 Å². The van der Waals surface area contributed by atoms with Crippen molar-refractivity contribution in [3.8, 4) is 11.1 Å². The predicted molar refractivity (Wildman–Crippen MR) is 102 cm³/mol. The summed E-state index contributed by atoms with van der Waals surface area (Å²) < 4.78 is 7.48. The maximum atomic E-state index is 5.65. The summed E-state index contributed by atoms with van der Waals surface area (Å²) >= 11 is 0. The minimum Gasteiger partial charge on any atom is -0.377 e. The molecular formula is C21H24N4O. The van der Waals surface area contributed by atoms with E-state index in [4.69, 9.17) is 4.74 Å². The second-order valence-electron chi connectivity index (χ2n) is 6.80. The van der Waals surface area contributed by atoms with Crippen LogP contribution in [0.5, 0.6) is 0 Å². The van der Waals surface area contributed by atoms with Gasteiger partial charge in [0.1, 0.15) is 12.7 Å². The van der Waals surface area contributed by atoms with E-state index in [-0.39, 0.29) is 0 Å². The van der Waals surface area contributed by atoms with E-state index in [0.29, 0.717) is 12.1 Å². The van der Waals surface area contributed by atoms with Crippen LogP contribution in [0.2, 0.25) is 0 Å². The van der Waals surface area contributed by atoms with Gasteiger partial charge in [-0.3, -0.25) is 0 Å². The van der Waals surface area contributed by atoms with Gasteiger partial charge < -0.3 is 10.1 Å². The van der Waals surface area contributed by atoms with Gasteiger partial charge in [-0.2, -0.15) is 5.10 Å². The summed E-state index contributed by atoms with van der Waals surface area (Å²) in [6, 6.07) is 17.7. The van der Waals surface area contributed by atoms with Crippen molar-refractivity contribution in [3.63, 3.8) is 0 Å². The van der Waals surface area contributed by atoms with Crippen molar-refractivity contribution in [1.82, 2.24) is 20.1 Å². The van der Waals surface area contributed by atoms with Crippen LogP contribution in [-0.2, 0) is 17.8 Å². The molecule has 4 rings (SSSR count). The number of hydrogen-bond acceptors (Lipinski definition) is 4. The van der Waals surface area contributed by atoms with Crippen molar-refractivity contribution in [2.75, 3.05) is 6.61 Å². The van der Waals surface area contributed by atoms with E-state index in [9.17, 15) is 0 Å². The molecule has 26 heavy (non-hydrogen) atoms. The van der Waals surface area contributed by atoms with Crippen LogP contribution in [0.15, 0.2) is 61.2 Å². The lowest BCUT2D eigenvalue weighted by Crippen LogP contribution is -2.34.